The summed E-state index contributed by atoms with van der Waals surface area (Å²) in [6, 6.07) is 10.3. The second-order valence-electron chi connectivity index (χ2n) is 8.07. The van der Waals surface area contributed by atoms with E-state index in [9.17, 15) is 17.6 Å². The molecule has 4 N–H and O–H groups in total. The topological polar surface area (TPSA) is 148 Å². The highest BCUT2D eigenvalue weighted by atomic mass is 32.2. The Balaban J connectivity index is 0.000000654. The van der Waals surface area contributed by atoms with Gasteiger partial charge in [0, 0.05) is 23.2 Å². The van der Waals surface area contributed by atoms with Crippen molar-refractivity contribution in [2.75, 3.05) is 17.3 Å². The first kappa shape index (κ1) is 25.0. The Kier molecular flexibility index (Phi) is 7.70. The van der Waals surface area contributed by atoms with Crippen molar-refractivity contribution < 1.29 is 26.7 Å². The molecule has 3 aromatic rings. The molecular formula is C21H25FN4O5S. The molecule has 1 amide bonds. The van der Waals surface area contributed by atoms with Crippen molar-refractivity contribution in [1.29, 1.82) is 0 Å². The molecule has 0 aliphatic heterocycles. The SMILES string of the molecule is CC(C)(C)c1cc(NC(=O)Cc2ccc(-c3cnc(N)c(F)c3)cc2)no1.CS(=O)(=O)O. The van der Waals surface area contributed by atoms with E-state index in [0.717, 1.165) is 11.1 Å². The van der Waals surface area contributed by atoms with Crippen LogP contribution < -0.4 is 11.1 Å². The molecule has 2 heterocycles. The van der Waals surface area contributed by atoms with Gasteiger partial charge in [0.05, 0.1) is 12.7 Å². The molecule has 3 rings (SSSR count). The van der Waals surface area contributed by atoms with E-state index < -0.39 is 15.9 Å². The Morgan fingerprint density at radius 2 is 1.78 bits per heavy atom. The number of nitrogens with two attached hydrogens (primary N) is 1. The van der Waals surface area contributed by atoms with E-state index in [0.29, 0.717) is 23.4 Å². The normalized spacial score (nSPS) is 11.4. The summed E-state index contributed by atoms with van der Waals surface area (Å²) in [4.78, 5) is 16.0. The van der Waals surface area contributed by atoms with Crippen LogP contribution in [-0.4, -0.2) is 35.3 Å². The van der Waals surface area contributed by atoms with Crippen LogP contribution >= 0.6 is 0 Å². The van der Waals surface area contributed by atoms with Gasteiger partial charge in [0.15, 0.2) is 17.5 Å². The van der Waals surface area contributed by atoms with E-state index in [4.69, 9.17) is 14.8 Å². The summed E-state index contributed by atoms with van der Waals surface area (Å²) in [7, 11) is -3.67. The second-order valence-corrected chi connectivity index (χ2v) is 9.54. The Bertz CT molecular complexity index is 1180. The number of nitrogens with one attached hydrogen (secondary N) is 1. The highest BCUT2D eigenvalue weighted by molar-refractivity contribution is 7.85. The average molecular weight is 465 g/mol. The van der Waals surface area contributed by atoms with Crippen molar-refractivity contribution in [1.82, 2.24) is 10.1 Å². The van der Waals surface area contributed by atoms with Gasteiger partial charge in [-0.05, 0) is 17.2 Å². The van der Waals surface area contributed by atoms with Gasteiger partial charge in [-0.3, -0.25) is 9.35 Å². The van der Waals surface area contributed by atoms with Crippen molar-refractivity contribution in [3.8, 4) is 11.1 Å². The van der Waals surface area contributed by atoms with Crippen LogP contribution in [0.5, 0.6) is 0 Å². The summed E-state index contributed by atoms with van der Waals surface area (Å²) in [6.45, 7) is 6.01. The highest BCUT2D eigenvalue weighted by Gasteiger charge is 2.20. The molecule has 0 aliphatic rings. The van der Waals surface area contributed by atoms with E-state index in [2.05, 4.69) is 15.5 Å². The quantitative estimate of drug-likeness (QED) is 0.497. The zero-order valence-corrected chi connectivity index (χ0v) is 18.9. The van der Waals surface area contributed by atoms with E-state index in [-0.39, 0.29) is 23.6 Å². The first-order valence-electron chi connectivity index (χ1n) is 9.42. The zero-order valence-electron chi connectivity index (χ0n) is 18.1. The number of benzene rings is 1. The summed E-state index contributed by atoms with van der Waals surface area (Å²) < 4.78 is 44.7. The molecule has 0 spiro atoms. The molecular weight excluding hydrogens is 439 g/mol. The monoisotopic (exact) mass is 464 g/mol. The van der Waals surface area contributed by atoms with E-state index in [1.54, 1.807) is 6.07 Å². The molecule has 0 unspecified atom stereocenters. The molecule has 32 heavy (non-hydrogen) atoms. The second kappa shape index (κ2) is 9.88. The molecule has 0 aliphatic carbocycles. The fraction of sp³-hybridized carbons (Fsp3) is 0.286. The molecule has 0 radical (unpaired) electrons. The number of nitrogens with zero attached hydrogens (tertiary/aromatic N) is 2. The van der Waals surface area contributed by atoms with Crippen molar-refractivity contribution in [2.45, 2.75) is 32.6 Å². The minimum absolute atomic E-state index is 0.130. The van der Waals surface area contributed by atoms with E-state index in [1.807, 2.05) is 45.0 Å². The van der Waals surface area contributed by atoms with Crippen LogP contribution in [0, 0.1) is 5.82 Å². The van der Waals surface area contributed by atoms with Crippen LogP contribution in [0.4, 0.5) is 16.0 Å². The smallest absolute Gasteiger partial charge is 0.261 e. The van der Waals surface area contributed by atoms with Crippen molar-refractivity contribution in [2.24, 2.45) is 0 Å². The molecule has 1 aromatic carbocycles. The number of hydrogen-bond donors (Lipinski definition) is 3. The van der Waals surface area contributed by atoms with E-state index >= 15 is 0 Å². The summed E-state index contributed by atoms with van der Waals surface area (Å²) in [5.74, 6) is 0.209. The Morgan fingerprint density at radius 3 is 2.28 bits per heavy atom. The highest BCUT2D eigenvalue weighted by Crippen LogP contribution is 2.25. The standard InChI is InChI=1S/C20H21FN4O2.CH4O3S/c1-20(2,3)16-10-17(25-27-16)24-18(26)8-12-4-6-13(7-5-12)14-9-15(21)19(22)23-11-14;1-5(2,3)4/h4-7,9-11H,8H2,1-3H3,(H2,22,23)(H,24,25,26);1H3,(H,2,3,4). The van der Waals surface area contributed by atoms with Crippen LogP contribution in [0.3, 0.4) is 0 Å². The molecule has 172 valence electrons. The zero-order chi connectivity index (χ0) is 24.1. The molecule has 0 atom stereocenters. The maximum atomic E-state index is 13.5. The van der Waals surface area contributed by atoms with Gasteiger partial charge in [0.2, 0.25) is 5.91 Å². The summed E-state index contributed by atoms with van der Waals surface area (Å²) in [5, 5.41) is 6.60. The summed E-state index contributed by atoms with van der Waals surface area (Å²) in [6.07, 6.45) is 2.41. The van der Waals surface area contributed by atoms with Gasteiger partial charge < -0.3 is 15.6 Å². The first-order valence-corrected chi connectivity index (χ1v) is 11.3. The molecule has 0 saturated heterocycles. The average Bonchev–Trinajstić information content (AvgIpc) is 3.12. The number of aromatic nitrogens is 2. The number of carbonyl (C=O) groups excluding carboxylic acids is 1. The third-order valence-corrected chi connectivity index (χ3v) is 4.04. The van der Waals surface area contributed by atoms with E-state index in [1.165, 1.54) is 12.3 Å². The molecule has 2 aromatic heterocycles. The van der Waals surface area contributed by atoms with Gasteiger partial charge >= 0.3 is 0 Å². The number of halogens is 1. The van der Waals surface area contributed by atoms with Gasteiger partial charge in [-0.2, -0.15) is 8.42 Å². The van der Waals surface area contributed by atoms with Gasteiger partial charge in [0.25, 0.3) is 10.1 Å². The van der Waals surface area contributed by atoms with Crippen molar-refractivity contribution in [3.05, 3.63) is 59.7 Å². The fourth-order valence-corrected chi connectivity index (χ4v) is 2.48. The minimum Gasteiger partial charge on any atom is -0.381 e. The number of nitrogen functional groups attached to an aromatic ring is 1. The van der Waals surface area contributed by atoms with Crippen LogP contribution in [0.2, 0.25) is 0 Å². The van der Waals surface area contributed by atoms with Crippen molar-refractivity contribution >= 4 is 27.7 Å². The van der Waals surface area contributed by atoms with Crippen molar-refractivity contribution in [3.63, 3.8) is 0 Å². The summed E-state index contributed by atoms with van der Waals surface area (Å²) >= 11 is 0. The molecule has 9 nitrogen and oxygen atoms in total. The lowest BCUT2D eigenvalue weighted by Gasteiger charge is -2.12. The van der Waals surface area contributed by atoms with Gasteiger partial charge in [-0.1, -0.05) is 50.2 Å². The molecule has 11 heteroatoms. The Labute approximate surface area is 185 Å². The third-order valence-electron chi connectivity index (χ3n) is 4.04. The first-order chi connectivity index (χ1) is 14.7. The minimum atomic E-state index is -3.67. The largest absolute Gasteiger partial charge is 0.381 e. The number of rotatable bonds is 4. The summed E-state index contributed by atoms with van der Waals surface area (Å²) in [5.41, 5.74) is 7.44. The molecule has 0 fully saturated rings. The third kappa shape index (κ3) is 8.08. The Morgan fingerprint density at radius 1 is 1.19 bits per heavy atom. The lowest BCUT2D eigenvalue weighted by atomic mass is 9.93. The fourth-order valence-electron chi connectivity index (χ4n) is 2.48. The van der Waals surface area contributed by atoms with Crippen LogP contribution in [0.15, 0.2) is 47.1 Å². The lowest BCUT2D eigenvalue weighted by Crippen LogP contribution is -2.14. The predicted octanol–water partition coefficient (Wildman–Crippen LogP) is 3.44. The molecule has 0 bridgehead atoms. The maximum absolute atomic E-state index is 13.5. The van der Waals surface area contributed by atoms with Crippen LogP contribution in [0.25, 0.3) is 11.1 Å². The van der Waals surface area contributed by atoms with Gasteiger partial charge in [-0.15, -0.1) is 0 Å². The maximum Gasteiger partial charge on any atom is 0.261 e. The molecule has 0 saturated carbocycles. The van der Waals surface area contributed by atoms with Gasteiger partial charge in [0.1, 0.15) is 5.76 Å². The number of hydrogen-bond acceptors (Lipinski definition) is 7. The van der Waals surface area contributed by atoms with Crippen LogP contribution in [0.1, 0.15) is 32.1 Å². The number of amides is 1. The predicted molar refractivity (Wildman–Crippen MR) is 119 cm³/mol. The van der Waals surface area contributed by atoms with Gasteiger partial charge in [-0.25, -0.2) is 9.37 Å². The number of pyridine rings is 1. The number of anilines is 2. The lowest BCUT2D eigenvalue weighted by molar-refractivity contribution is -0.115. The Hall–Kier alpha value is -3.31. The van der Waals surface area contributed by atoms with Crippen LogP contribution in [-0.2, 0) is 26.7 Å². The number of carbonyl (C=O) groups is 1.